The van der Waals surface area contributed by atoms with Crippen LogP contribution >= 0.6 is 11.3 Å². The molecule has 5 rings (SSSR count). The molecule has 33 heavy (non-hydrogen) atoms. The standard InChI is InChI=1S/C20H15F3N8OS/c1-9(17-26-8-27-31(17)19-25-7-12(6-24)33-19)28-18(32)14-5-11(20(21,22)23)4-13-15(10-2-3-10)29-30-16(13)14/h4-5,7-10H,2-3H2,1H3,(H,28,32)(H,29,30)/t9-/m0/s1. The average Bonchev–Trinajstić information content (AvgIpc) is 3.19. The molecular formula is C20H15F3N8OS. The SMILES string of the molecule is C[C@H](NC(=O)c1cc(C(F)(F)F)cc2c(C3CC3)[nH]nc12)c1ncnn1-c1ncc(C#N)s1. The van der Waals surface area contributed by atoms with Gasteiger partial charge in [0.2, 0.25) is 5.13 Å². The van der Waals surface area contributed by atoms with Gasteiger partial charge in [0.15, 0.2) is 5.82 Å². The molecule has 0 spiro atoms. The number of H-pyrrole nitrogens is 1. The Morgan fingerprint density at radius 3 is 2.82 bits per heavy atom. The van der Waals surface area contributed by atoms with Crippen molar-refractivity contribution in [2.75, 3.05) is 0 Å². The van der Waals surface area contributed by atoms with Crippen LogP contribution in [0.25, 0.3) is 16.0 Å². The maximum absolute atomic E-state index is 13.6. The molecule has 13 heteroatoms. The third kappa shape index (κ3) is 3.82. The van der Waals surface area contributed by atoms with E-state index < -0.39 is 23.7 Å². The van der Waals surface area contributed by atoms with Gasteiger partial charge in [-0.1, -0.05) is 11.3 Å². The van der Waals surface area contributed by atoms with Crippen molar-refractivity contribution in [3.63, 3.8) is 0 Å². The lowest BCUT2D eigenvalue weighted by atomic mass is 10.0. The van der Waals surface area contributed by atoms with Gasteiger partial charge < -0.3 is 5.32 Å². The maximum atomic E-state index is 13.6. The summed E-state index contributed by atoms with van der Waals surface area (Å²) in [6, 6.07) is 3.11. The van der Waals surface area contributed by atoms with Gasteiger partial charge in [-0.25, -0.2) is 9.97 Å². The van der Waals surface area contributed by atoms with Crippen molar-refractivity contribution in [2.24, 2.45) is 0 Å². The monoisotopic (exact) mass is 472 g/mol. The smallest absolute Gasteiger partial charge is 0.342 e. The molecule has 0 bridgehead atoms. The molecule has 0 radical (unpaired) electrons. The summed E-state index contributed by atoms with van der Waals surface area (Å²) in [6.07, 6.45) is -0.221. The van der Waals surface area contributed by atoms with Crippen molar-refractivity contribution < 1.29 is 18.0 Å². The summed E-state index contributed by atoms with van der Waals surface area (Å²) in [5.41, 5.74) is -0.280. The fourth-order valence-corrected chi connectivity index (χ4v) is 4.28. The molecule has 1 fully saturated rings. The Bertz CT molecular complexity index is 1410. The number of hydrogen-bond acceptors (Lipinski definition) is 7. The Morgan fingerprint density at radius 2 is 2.15 bits per heavy atom. The summed E-state index contributed by atoms with van der Waals surface area (Å²) in [4.78, 5) is 21.7. The number of aromatic amines is 1. The zero-order valence-electron chi connectivity index (χ0n) is 17.0. The van der Waals surface area contributed by atoms with Crippen molar-refractivity contribution in [2.45, 2.75) is 37.9 Å². The quantitative estimate of drug-likeness (QED) is 0.454. The van der Waals surface area contributed by atoms with Gasteiger partial charge in [-0.3, -0.25) is 9.89 Å². The van der Waals surface area contributed by atoms with Crippen LogP contribution in [-0.2, 0) is 6.18 Å². The molecule has 0 unspecified atom stereocenters. The van der Waals surface area contributed by atoms with Crippen molar-refractivity contribution in [3.8, 4) is 11.2 Å². The zero-order chi connectivity index (χ0) is 23.3. The molecule has 0 saturated heterocycles. The fraction of sp³-hybridized carbons (Fsp3) is 0.300. The number of hydrogen-bond donors (Lipinski definition) is 2. The first-order valence-electron chi connectivity index (χ1n) is 9.92. The Labute approximate surface area is 188 Å². The number of carbonyl (C=O) groups excluding carboxylic acids is 1. The number of alkyl halides is 3. The summed E-state index contributed by atoms with van der Waals surface area (Å²) < 4.78 is 42.0. The normalized spacial score (nSPS) is 14.9. The van der Waals surface area contributed by atoms with E-state index in [1.807, 2.05) is 6.07 Å². The Kier molecular flexibility index (Phi) is 4.89. The second-order valence-electron chi connectivity index (χ2n) is 7.67. The van der Waals surface area contributed by atoms with Gasteiger partial charge in [-0.15, -0.1) is 0 Å². The molecule has 0 aliphatic heterocycles. The number of halogens is 3. The molecule has 1 atom stereocenters. The van der Waals surface area contributed by atoms with E-state index in [-0.39, 0.29) is 17.0 Å². The minimum atomic E-state index is -4.61. The lowest BCUT2D eigenvalue weighted by Gasteiger charge is -2.15. The predicted octanol–water partition coefficient (Wildman–Crippen LogP) is 3.86. The van der Waals surface area contributed by atoms with Gasteiger partial charge >= 0.3 is 6.18 Å². The lowest BCUT2D eigenvalue weighted by molar-refractivity contribution is -0.137. The first-order chi connectivity index (χ1) is 15.8. The number of nitrogens with zero attached hydrogens (tertiary/aromatic N) is 6. The van der Waals surface area contributed by atoms with Crippen molar-refractivity contribution in [3.05, 3.63) is 52.2 Å². The first-order valence-corrected chi connectivity index (χ1v) is 10.7. The van der Waals surface area contributed by atoms with Crippen LogP contribution in [0.2, 0.25) is 0 Å². The molecule has 3 heterocycles. The van der Waals surface area contributed by atoms with E-state index in [1.165, 1.54) is 17.2 Å². The number of carbonyl (C=O) groups is 1. The third-order valence-corrected chi connectivity index (χ3v) is 6.22. The largest absolute Gasteiger partial charge is 0.416 e. The zero-order valence-corrected chi connectivity index (χ0v) is 17.8. The van der Waals surface area contributed by atoms with E-state index in [4.69, 9.17) is 5.26 Å². The number of thiazole rings is 1. The molecule has 2 N–H and O–H groups in total. The highest BCUT2D eigenvalue weighted by molar-refractivity contribution is 7.14. The molecule has 1 amide bonds. The van der Waals surface area contributed by atoms with Crippen LogP contribution in [-0.4, -0.2) is 35.9 Å². The Balaban J connectivity index is 1.49. The van der Waals surface area contributed by atoms with Crippen molar-refractivity contribution >= 4 is 28.1 Å². The van der Waals surface area contributed by atoms with Crippen molar-refractivity contribution in [1.29, 1.82) is 5.26 Å². The Hall–Kier alpha value is -3.79. The van der Waals surface area contributed by atoms with Crippen LogP contribution < -0.4 is 5.32 Å². The number of amides is 1. The second kappa shape index (κ2) is 7.66. The van der Waals surface area contributed by atoms with Crippen molar-refractivity contribution in [1.82, 2.24) is 35.3 Å². The van der Waals surface area contributed by atoms with E-state index in [0.717, 1.165) is 36.3 Å². The van der Waals surface area contributed by atoms with Gasteiger partial charge in [0.1, 0.15) is 22.8 Å². The summed E-state index contributed by atoms with van der Waals surface area (Å²) >= 11 is 1.09. The molecule has 1 aromatic carbocycles. The van der Waals surface area contributed by atoms with Gasteiger partial charge in [-0.05, 0) is 31.9 Å². The third-order valence-electron chi connectivity index (χ3n) is 5.34. The molecule has 4 aromatic rings. The summed E-state index contributed by atoms with van der Waals surface area (Å²) in [5.74, 6) is -0.284. The number of nitrogens with one attached hydrogen (secondary N) is 2. The topological polar surface area (TPSA) is 125 Å². The Morgan fingerprint density at radius 1 is 1.36 bits per heavy atom. The minimum Gasteiger partial charge on any atom is -0.342 e. The van der Waals surface area contributed by atoms with Gasteiger partial charge in [0.25, 0.3) is 5.91 Å². The number of fused-ring (bicyclic) bond motifs is 1. The summed E-state index contributed by atoms with van der Waals surface area (Å²) in [5, 5.41) is 23.4. The maximum Gasteiger partial charge on any atom is 0.416 e. The molecule has 168 valence electrons. The number of rotatable bonds is 5. The number of benzene rings is 1. The molecule has 9 nitrogen and oxygen atoms in total. The van der Waals surface area contributed by atoms with Crippen LogP contribution in [0.5, 0.6) is 0 Å². The van der Waals surface area contributed by atoms with Crippen LogP contribution in [0.4, 0.5) is 13.2 Å². The summed E-state index contributed by atoms with van der Waals surface area (Å²) in [7, 11) is 0. The highest BCUT2D eigenvalue weighted by Crippen LogP contribution is 2.43. The van der Waals surface area contributed by atoms with Gasteiger partial charge in [0.05, 0.1) is 23.4 Å². The van der Waals surface area contributed by atoms with E-state index in [2.05, 4.69) is 30.6 Å². The molecule has 3 aromatic heterocycles. The molecule has 1 aliphatic rings. The highest BCUT2D eigenvalue weighted by atomic mass is 32.1. The first kappa shape index (κ1) is 21.1. The average molecular weight is 472 g/mol. The minimum absolute atomic E-state index is 0.128. The van der Waals surface area contributed by atoms with Crippen LogP contribution in [0, 0.1) is 11.3 Å². The van der Waals surface area contributed by atoms with E-state index in [1.54, 1.807) is 6.92 Å². The highest BCUT2D eigenvalue weighted by Gasteiger charge is 2.35. The number of aromatic nitrogens is 6. The number of nitriles is 1. The fourth-order valence-electron chi connectivity index (χ4n) is 3.60. The predicted molar refractivity (Wildman–Crippen MR) is 111 cm³/mol. The molecule has 1 aliphatic carbocycles. The lowest BCUT2D eigenvalue weighted by Crippen LogP contribution is -2.29. The van der Waals surface area contributed by atoms with E-state index in [9.17, 15) is 18.0 Å². The van der Waals surface area contributed by atoms with Gasteiger partial charge in [0, 0.05) is 17.0 Å². The van der Waals surface area contributed by atoms with Crippen LogP contribution in [0.3, 0.4) is 0 Å². The van der Waals surface area contributed by atoms with E-state index in [0.29, 0.717) is 26.9 Å². The molecule has 1 saturated carbocycles. The van der Waals surface area contributed by atoms with E-state index >= 15 is 0 Å². The van der Waals surface area contributed by atoms with Gasteiger partial charge in [-0.2, -0.15) is 33.3 Å². The van der Waals surface area contributed by atoms with Crippen LogP contribution in [0.1, 0.15) is 64.0 Å². The summed E-state index contributed by atoms with van der Waals surface area (Å²) in [6.45, 7) is 1.63. The van der Waals surface area contributed by atoms with Crippen LogP contribution in [0.15, 0.2) is 24.7 Å². The second-order valence-corrected chi connectivity index (χ2v) is 8.68. The molecular weight excluding hydrogens is 457 g/mol.